The number of carbonyl (C=O) groups is 2. The van der Waals surface area contributed by atoms with Crippen molar-refractivity contribution < 1.29 is 14.3 Å². The van der Waals surface area contributed by atoms with Crippen LogP contribution in [0.4, 0.5) is 5.69 Å². The van der Waals surface area contributed by atoms with Crippen LogP contribution < -0.4 is 10.1 Å². The van der Waals surface area contributed by atoms with Crippen LogP contribution in [-0.2, 0) is 0 Å². The van der Waals surface area contributed by atoms with Gasteiger partial charge in [-0.3, -0.25) is 14.6 Å². The van der Waals surface area contributed by atoms with Crippen LogP contribution in [0.3, 0.4) is 0 Å². The van der Waals surface area contributed by atoms with Gasteiger partial charge in [0.1, 0.15) is 11.4 Å². The fraction of sp³-hybridized carbons (Fsp3) is 0.381. The smallest absolute Gasteiger partial charge is 0.274 e. The number of hydrogen-bond donors (Lipinski definition) is 1. The van der Waals surface area contributed by atoms with Gasteiger partial charge in [-0.15, -0.1) is 0 Å². The minimum absolute atomic E-state index is 0.00771. The van der Waals surface area contributed by atoms with E-state index in [1.807, 2.05) is 30.9 Å². The summed E-state index contributed by atoms with van der Waals surface area (Å²) in [5, 5.41) is 2.83. The van der Waals surface area contributed by atoms with Crippen LogP contribution in [-0.4, -0.2) is 40.9 Å². The average Bonchev–Trinajstić information content (AvgIpc) is 2.69. The summed E-state index contributed by atoms with van der Waals surface area (Å²) in [4.78, 5) is 31.3. The van der Waals surface area contributed by atoms with E-state index in [2.05, 4.69) is 10.3 Å². The topological polar surface area (TPSA) is 71.5 Å². The minimum Gasteiger partial charge on any atom is -0.489 e. The van der Waals surface area contributed by atoms with Crippen LogP contribution in [0.2, 0.25) is 0 Å². The maximum Gasteiger partial charge on any atom is 0.274 e. The number of para-hydroxylation sites is 2. The van der Waals surface area contributed by atoms with E-state index in [-0.39, 0.29) is 23.6 Å². The molecule has 1 aromatic heterocycles. The Morgan fingerprint density at radius 1 is 1.11 bits per heavy atom. The lowest BCUT2D eigenvalue weighted by Crippen LogP contribution is -2.35. The largest absolute Gasteiger partial charge is 0.489 e. The number of nitrogens with one attached hydrogen (secondary N) is 1. The molecule has 0 radical (unpaired) electrons. The van der Waals surface area contributed by atoms with Crippen LogP contribution in [0.5, 0.6) is 5.75 Å². The van der Waals surface area contributed by atoms with E-state index >= 15 is 0 Å². The molecule has 1 saturated heterocycles. The molecule has 0 saturated carbocycles. The molecule has 1 aromatic carbocycles. The second-order valence-electron chi connectivity index (χ2n) is 6.90. The number of piperidine rings is 1. The maximum absolute atomic E-state index is 12.7. The molecule has 6 heteroatoms. The van der Waals surface area contributed by atoms with Gasteiger partial charge in [-0.05, 0) is 57.4 Å². The monoisotopic (exact) mass is 367 g/mol. The van der Waals surface area contributed by atoms with Crippen LogP contribution in [0.25, 0.3) is 0 Å². The number of carbonyl (C=O) groups excluding carboxylic acids is 2. The quantitative estimate of drug-likeness (QED) is 0.874. The van der Waals surface area contributed by atoms with Crippen molar-refractivity contribution in [3.63, 3.8) is 0 Å². The molecule has 0 atom stereocenters. The highest BCUT2D eigenvalue weighted by atomic mass is 16.5. The number of amides is 2. The number of rotatable bonds is 5. The molecule has 0 spiro atoms. The zero-order valence-electron chi connectivity index (χ0n) is 15.8. The summed E-state index contributed by atoms with van der Waals surface area (Å²) in [6.07, 6.45) is 4.70. The summed E-state index contributed by atoms with van der Waals surface area (Å²) in [6.45, 7) is 5.39. The molecule has 27 heavy (non-hydrogen) atoms. The Hall–Kier alpha value is -2.89. The number of ether oxygens (including phenoxy) is 1. The van der Waals surface area contributed by atoms with Gasteiger partial charge >= 0.3 is 0 Å². The molecule has 0 aliphatic carbocycles. The fourth-order valence-electron chi connectivity index (χ4n) is 3.08. The molecule has 6 nitrogen and oxygen atoms in total. The summed E-state index contributed by atoms with van der Waals surface area (Å²) in [7, 11) is 0. The number of benzene rings is 1. The summed E-state index contributed by atoms with van der Waals surface area (Å²) >= 11 is 0. The number of likely N-dealkylation sites (tertiary alicyclic amines) is 1. The first-order valence-corrected chi connectivity index (χ1v) is 9.37. The van der Waals surface area contributed by atoms with E-state index in [0.717, 1.165) is 32.4 Å². The molecule has 2 heterocycles. The number of anilines is 1. The van der Waals surface area contributed by atoms with Crippen molar-refractivity contribution in [2.45, 2.75) is 39.2 Å². The summed E-state index contributed by atoms with van der Waals surface area (Å²) < 4.78 is 5.73. The Labute approximate surface area is 159 Å². The number of nitrogens with zero attached hydrogens (tertiary/aromatic N) is 2. The fourth-order valence-corrected chi connectivity index (χ4v) is 3.08. The third kappa shape index (κ3) is 4.84. The van der Waals surface area contributed by atoms with Crippen molar-refractivity contribution in [3.8, 4) is 5.75 Å². The van der Waals surface area contributed by atoms with Gasteiger partial charge in [0.05, 0.1) is 11.8 Å². The molecule has 3 rings (SSSR count). The Kier molecular flexibility index (Phi) is 6.06. The summed E-state index contributed by atoms with van der Waals surface area (Å²) in [5.74, 6) is 0.180. The third-order valence-corrected chi connectivity index (χ3v) is 4.38. The third-order valence-electron chi connectivity index (χ3n) is 4.38. The van der Waals surface area contributed by atoms with E-state index in [0.29, 0.717) is 17.0 Å². The van der Waals surface area contributed by atoms with Crippen LogP contribution in [0.1, 0.15) is 54.0 Å². The van der Waals surface area contributed by atoms with Gasteiger partial charge < -0.3 is 15.0 Å². The summed E-state index contributed by atoms with van der Waals surface area (Å²) in [5.41, 5.74) is 1.27. The molecule has 142 valence electrons. The standard InChI is InChI=1S/C21H25N3O3/c1-15(2)27-19-9-5-4-8-17(19)23-20(25)18-14-16(10-11-22-18)21(26)24-12-6-3-7-13-24/h4-5,8-11,14-15H,3,6-7,12-13H2,1-2H3,(H,23,25). The molecule has 2 amide bonds. The maximum atomic E-state index is 12.7. The molecule has 0 bridgehead atoms. The highest BCUT2D eigenvalue weighted by Crippen LogP contribution is 2.25. The molecule has 1 aliphatic heterocycles. The van der Waals surface area contributed by atoms with Crippen molar-refractivity contribution in [2.24, 2.45) is 0 Å². The van der Waals surface area contributed by atoms with Gasteiger partial charge in [-0.1, -0.05) is 12.1 Å². The van der Waals surface area contributed by atoms with Gasteiger partial charge in [0, 0.05) is 24.8 Å². The van der Waals surface area contributed by atoms with E-state index in [9.17, 15) is 9.59 Å². The highest BCUT2D eigenvalue weighted by Gasteiger charge is 2.20. The SMILES string of the molecule is CC(C)Oc1ccccc1NC(=O)c1cc(C(=O)N2CCCCC2)ccn1. The summed E-state index contributed by atoms with van der Waals surface area (Å²) in [6, 6.07) is 10.5. The van der Waals surface area contributed by atoms with Crippen molar-refractivity contribution in [1.29, 1.82) is 0 Å². The van der Waals surface area contributed by atoms with Crippen molar-refractivity contribution in [3.05, 3.63) is 53.9 Å². The molecule has 2 aromatic rings. The number of hydrogen-bond acceptors (Lipinski definition) is 4. The zero-order valence-corrected chi connectivity index (χ0v) is 15.8. The predicted octanol–water partition coefficient (Wildman–Crippen LogP) is 3.75. The second kappa shape index (κ2) is 8.66. The average molecular weight is 367 g/mol. The molecule has 1 N–H and O–H groups in total. The van der Waals surface area contributed by atoms with Gasteiger partial charge in [0.15, 0.2) is 0 Å². The van der Waals surface area contributed by atoms with Crippen molar-refractivity contribution >= 4 is 17.5 Å². The molecule has 0 unspecified atom stereocenters. The van der Waals surface area contributed by atoms with Crippen LogP contribution in [0.15, 0.2) is 42.6 Å². The normalized spacial score (nSPS) is 14.1. The van der Waals surface area contributed by atoms with E-state index in [4.69, 9.17) is 4.74 Å². The molecule has 1 fully saturated rings. The van der Waals surface area contributed by atoms with Crippen LogP contribution >= 0.6 is 0 Å². The van der Waals surface area contributed by atoms with Crippen LogP contribution in [0, 0.1) is 0 Å². The van der Waals surface area contributed by atoms with Gasteiger partial charge in [-0.25, -0.2) is 0 Å². The lowest BCUT2D eigenvalue weighted by Gasteiger charge is -2.26. The molecule has 1 aliphatic rings. The Morgan fingerprint density at radius 3 is 2.59 bits per heavy atom. The van der Waals surface area contributed by atoms with Crippen molar-refractivity contribution in [1.82, 2.24) is 9.88 Å². The lowest BCUT2D eigenvalue weighted by molar-refractivity contribution is 0.0724. The lowest BCUT2D eigenvalue weighted by atomic mass is 10.1. The van der Waals surface area contributed by atoms with Gasteiger partial charge in [0.2, 0.25) is 0 Å². The van der Waals surface area contributed by atoms with Gasteiger partial charge in [0.25, 0.3) is 11.8 Å². The van der Waals surface area contributed by atoms with Crippen molar-refractivity contribution in [2.75, 3.05) is 18.4 Å². The first kappa shape index (κ1) is 18.9. The zero-order chi connectivity index (χ0) is 19.2. The number of aromatic nitrogens is 1. The van der Waals surface area contributed by atoms with E-state index in [1.165, 1.54) is 6.20 Å². The minimum atomic E-state index is -0.372. The highest BCUT2D eigenvalue weighted by molar-refractivity contribution is 6.05. The Bertz CT molecular complexity index is 814. The molecular formula is C21H25N3O3. The molecular weight excluding hydrogens is 342 g/mol. The van der Waals surface area contributed by atoms with Gasteiger partial charge in [-0.2, -0.15) is 0 Å². The Balaban J connectivity index is 1.75. The first-order chi connectivity index (χ1) is 13.0. The van der Waals surface area contributed by atoms with E-state index in [1.54, 1.807) is 24.3 Å². The second-order valence-corrected chi connectivity index (χ2v) is 6.90. The first-order valence-electron chi connectivity index (χ1n) is 9.37. The predicted molar refractivity (Wildman–Crippen MR) is 104 cm³/mol. The number of pyridine rings is 1. The van der Waals surface area contributed by atoms with E-state index < -0.39 is 0 Å². The Morgan fingerprint density at radius 2 is 1.85 bits per heavy atom.